The lowest BCUT2D eigenvalue weighted by Crippen LogP contribution is -2.50. The number of halogens is 3. The van der Waals surface area contributed by atoms with Crippen LogP contribution in [-0.2, 0) is 19.6 Å². The fourth-order valence-electron chi connectivity index (χ4n) is 6.84. The van der Waals surface area contributed by atoms with Gasteiger partial charge >= 0.3 is 12.4 Å². The van der Waals surface area contributed by atoms with Gasteiger partial charge in [0.15, 0.2) is 0 Å². The lowest BCUT2D eigenvalue weighted by atomic mass is 9.89. The van der Waals surface area contributed by atoms with Crippen molar-refractivity contribution < 1.29 is 40.7 Å². The summed E-state index contributed by atoms with van der Waals surface area (Å²) >= 11 is 0. The van der Waals surface area contributed by atoms with Gasteiger partial charge < -0.3 is 10.1 Å². The number of alkyl halides is 3. The summed E-state index contributed by atoms with van der Waals surface area (Å²) in [4.78, 5) is 44.5. The predicted molar refractivity (Wildman–Crippen MR) is 162 cm³/mol. The summed E-state index contributed by atoms with van der Waals surface area (Å²) in [6.45, 7) is 3.70. The Labute approximate surface area is 263 Å². The van der Waals surface area contributed by atoms with Crippen LogP contribution in [0.25, 0.3) is 6.08 Å². The van der Waals surface area contributed by atoms with Gasteiger partial charge in [-0.3, -0.25) is 24.8 Å². The van der Waals surface area contributed by atoms with Gasteiger partial charge in [-0.15, -0.1) is 13.2 Å². The molecule has 4 aliphatic rings. The number of piperidine rings is 1. The number of rotatable bonds is 6. The summed E-state index contributed by atoms with van der Waals surface area (Å²) in [5, 5.41) is 6.25. The van der Waals surface area contributed by atoms with Crippen molar-refractivity contribution in [2.45, 2.75) is 69.8 Å². The first-order valence-electron chi connectivity index (χ1n) is 14.9. The molecule has 0 aromatic heterocycles. The van der Waals surface area contributed by atoms with Crippen LogP contribution < -0.4 is 20.3 Å². The second kappa shape index (κ2) is 11.2. The number of amides is 4. The number of hydrogen-bond acceptors (Lipinski definition) is 7. The molecular weight excluding hydrogens is 627 g/mol. The van der Waals surface area contributed by atoms with Gasteiger partial charge in [0.25, 0.3) is 11.8 Å². The van der Waals surface area contributed by atoms with Crippen molar-refractivity contribution in [1.82, 2.24) is 14.9 Å². The molecule has 4 amide bonds. The smallest absolute Gasteiger partial charge is 0.406 e. The van der Waals surface area contributed by atoms with Crippen molar-refractivity contribution >= 4 is 45.5 Å². The summed E-state index contributed by atoms with van der Waals surface area (Å²) in [5.41, 5.74) is 1.05. The third-order valence-electron chi connectivity index (χ3n) is 9.20. The number of anilines is 1. The number of carbonyl (C=O) groups is 3. The molecule has 2 saturated heterocycles. The van der Waals surface area contributed by atoms with Gasteiger partial charge in [0.2, 0.25) is 10.0 Å². The molecule has 0 atom stereocenters. The highest BCUT2D eigenvalue weighted by Gasteiger charge is 2.55. The monoisotopic (exact) mass is 659 g/mol. The topological polar surface area (TPSA) is 137 Å². The second-order valence-electron chi connectivity index (χ2n) is 12.1. The minimum Gasteiger partial charge on any atom is -0.406 e. The Morgan fingerprint density at radius 3 is 2.11 bits per heavy atom. The SMILES string of the molecule is Cc1cc(N2C(=O)NC(=O)C23CCCC3)cc(C)c1C=CS(=O)(=O)N1CCC2(CC1)N=C(c1ccc(OC(F)(F)F)cc1)NC2=O. The van der Waals surface area contributed by atoms with Gasteiger partial charge in [-0.05, 0) is 98.7 Å². The van der Waals surface area contributed by atoms with Crippen LogP contribution in [0.2, 0.25) is 0 Å². The molecule has 3 fully saturated rings. The van der Waals surface area contributed by atoms with E-state index in [0.29, 0.717) is 29.7 Å². The Balaban J connectivity index is 1.14. The predicted octanol–water partition coefficient (Wildman–Crippen LogP) is 4.28. The number of hydrogen-bond donors (Lipinski definition) is 2. The number of sulfonamides is 1. The largest absolute Gasteiger partial charge is 0.573 e. The molecule has 15 heteroatoms. The minimum absolute atomic E-state index is 0.0340. The zero-order chi connectivity index (χ0) is 33.1. The van der Waals surface area contributed by atoms with Gasteiger partial charge in [-0.2, -0.15) is 4.31 Å². The van der Waals surface area contributed by atoms with E-state index < -0.39 is 45.2 Å². The van der Waals surface area contributed by atoms with E-state index in [0.717, 1.165) is 41.5 Å². The Morgan fingerprint density at radius 2 is 1.52 bits per heavy atom. The van der Waals surface area contributed by atoms with Crippen molar-refractivity contribution in [3.05, 3.63) is 64.1 Å². The fraction of sp³-hybridized carbons (Fsp3) is 0.419. The highest BCUT2D eigenvalue weighted by Crippen LogP contribution is 2.42. The zero-order valence-corrected chi connectivity index (χ0v) is 25.9. The molecule has 244 valence electrons. The van der Waals surface area contributed by atoms with E-state index in [4.69, 9.17) is 0 Å². The van der Waals surface area contributed by atoms with E-state index in [1.54, 1.807) is 17.0 Å². The van der Waals surface area contributed by atoms with Crippen LogP contribution in [0.3, 0.4) is 0 Å². The summed E-state index contributed by atoms with van der Waals surface area (Å²) in [5.74, 6) is -0.889. The first kappa shape index (κ1) is 31.7. The molecule has 2 N–H and O–H groups in total. The third-order valence-corrected chi connectivity index (χ3v) is 10.8. The van der Waals surface area contributed by atoms with Crippen LogP contribution in [-0.4, -0.2) is 66.9 Å². The standard InChI is InChI=1S/C31H32F3N5O6S/c1-19-17-22(39-28(42)36-27(41)30(39)10-3-4-11-30)18-20(2)24(19)9-16-46(43,44)38-14-12-29(13-15-38)26(40)35-25(37-29)21-5-7-23(8-6-21)45-31(32,33)34/h5-9,16-18H,3-4,10-15H2,1-2H3,(H,35,37,40)(H,36,41,42). The Morgan fingerprint density at radius 1 is 0.913 bits per heavy atom. The number of ether oxygens (including phenoxy) is 1. The van der Waals surface area contributed by atoms with Gasteiger partial charge in [0.05, 0.1) is 0 Å². The van der Waals surface area contributed by atoms with E-state index in [2.05, 4.69) is 20.4 Å². The average Bonchev–Trinajstić information content (AvgIpc) is 3.65. The molecule has 46 heavy (non-hydrogen) atoms. The van der Waals surface area contributed by atoms with E-state index in [9.17, 15) is 36.0 Å². The van der Waals surface area contributed by atoms with Crippen LogP contribution in [0.4, 0.5) is 23.7 Å². The molecule has 0 bridgehead atoms. The number of imide groups is 1. The molecule has 2 aromatic carbocycles. The molecule has 0 radical (unpaired) electrons. The lowest BCUT2D eigenvalue weighted by Gasteiger charge is -2.34. The maximum Gasteiger partial charge on any atom is 0.573 e. The molecule has 3 aliphatic heterocycles. The average molecular weight is 660 g/mol. The molecule has 3 heterocycles. The summed E-state index contributed by atoms with van der Waals surface area (Å²) in [6, 6.07) is 8.06. The quantitative estimate of drug-likeness (QED) is 0.445. The molecule has 0 unspecified atom stereocenters. The van der Waals surface area contributed by atoms with Gasteiger partial charge in [-0.25, -0.2) is 13.2 Å². The van der Waals surface area contributed by atoms with Crippen molar-refractivity contribution in [3.63, 3.8) is 0 Å². The molecule has 2 aromatic rings. The lowest BCUT2D eigenvalue weighted by molar-refractivity contribution is -0.274. The van der Waals surface area contributed by atoms with Crippen molar-refractivity contribution in [1.29, 1.82) is 0 Å². The maximum atomic E-state index is 13.3. The van der Waals surface area contributed by atoms with E-state index in [-0.39, 0.29) is 37.7 Å². The number of nitrogens with one attached hydrogen (secondary N) is 2. The number of benzene rings is 2. The van der Waals surface area contributed by atoms with E-state index in [1.807, 2.05) is 13.8 Å². The molecule has 11 nitrogen and oxygen atoms in total. The Bertz CT molecular complexity index is 1750. The number of amidine groups is 1. The number of urea groups is 1. The molecule has 1 aliphatic carbocycles. The van der Waals surface area contributed by atoms with E-state index in [1.165, 1.54) is 22.5 Å². The fourth-order valence-corrected chi connectivity index (χ4v) is 8.01. The molecule has 2 spiro atoms. The Kier molecular flexibility index (Phi) is 7.74. The van der Waals surface area contributed by atoms with Crippen molar-refractivity contribution in [2.75, 3.05) is 18.0 Å². The minimum atomic E-state index is -4.83. The summed E-state index contributed by atoms with van der Waals surface area (Å²) < 4.78 is 69.2. The highest BCUT2D eigenvalue weighted by molar-refractivity contribution is 7.92. The van der Waals surface area contributed by atoms with Crippen molar-refractivity contribution in [3.8, 4) is 5.75 Å². The summed E-state index contributed by atoms with van der Waals surface area (Å²) in [7, 11) is -3.88. The highest BCUT2D eigenvalue weighted by atomic mass is 32.2. The van der Waals surface area contributed by atoms with Crippen LogP contribution in [0, 0.1) is 13.8 Å². The zero-order valence-electron chi connectivity index (χ0n) is 25.1. The third kappa shape index (κ3) is 5.66. The van der Waals surface area contributed by atoms with Crippen LogP contribution in [0.1, 0.15) is 60.8 Å². The maximum absolute atomic E-state index is 13.3. The molecule has 6 rings (SSSR count). The van der Waals surface area contributed by atoms with Crippen LogP contribution in [0.5, 0.6) is 5.75 Å². The number of nitrogens with zero attached hydrogens (tertiary/aromatic N) is 3. The van der Waals surface area contributed by atoms with Gasteiger partial charge in [0, 0.05) is 29.7 Å². The second-order valence-corrected chi connectivity index (χ2v) is 13.9. The molecule has 1 saturated carbocycles. The van der Waals surface area contributed by atoms with E-state index >= 15 is 0 Å². The van der Waals surface area contributed by atoms with Crippen molar-refractivity contribution in [2.24, 2.45) is 4.99 Å². The number of aryl methyl sites for hydroxylation is 2. The Hall–Kier alpha value is -4.24. The summed E-state index contributed by atoms with van der Waals surface area (Å²) in [6.07, 6.45) is -0.206. The first-order valence-corrected chi connectivity index (χ1v) is 16.4. The number of carbonyl (C=O) groups excluding carboxylic acids is 3. The van der Waals surface area contributed by atoms with Gasteiger partial charge in [0.1, 0.15) is 22.7 Å². The number of aliphatic imine (C=N–C) groups is 1. The van der Waals surface area contributed by atoms with Gasteiger partial charge in [-0.1, -0.05) is 12.8 Å². The van der Waals surface area contributed by atoms with Crippen LogP contribution >= 0.6 is 0 Å². The first-order chi connectivity index (χ1) is 21.6. The van der Waals surface area contributed by atoms with Crippen LogP contribution in [0.15, 0.2) is 46.8 Å². The normalized spacial score (nSPS) is 21.4. The molecular formula is C31H32F3N5O6S.